The third-order valence-corrected chi connectivity index (χ3v) is 4.67. The van der Waals surface area contributed by atoms with Crippen LogP contribution in [0.3, 0.4) is 0 Å². The van der Waals surface area contributed by atoms with Gasteiger partial charge in [0.2, 0.25) is 0 Å². The van der Waals surface area contributed by atoms with E-state index in [2.05, 4.69) is 20.1 Å². The summed E-state index contributed by atoms with van der Waals surface area (Å²) in [4.78, 5) is 22.6. The van der Waals surface area contributed by atoms with Gasteiger partial charge in [-0.05, 0) is 29.1 Å². The Morgan fingerprint density at radius 2 is 1.68 bits per heavy atom. The van der Waals surface area contributed by atoms with Crippen LogP contribution in [0.4, 0.5) is 26.3 Å². The quantitative estimate of drug-likeness (QED) is 0.346. The largest absolute Gasteiger partial charge is 0.433 e. The van der Waals surface area contributed by atoms with E-state index in [9.17, 15) is 31.1 Å². The summed E-state index contributed by atoms with van der Waals surface area (Å²) in [6.45, 7) is 0. The first-order valence-corrected chi connectivity index (χ1v) is 9.36. The van der Waals surface area contributed by atoms with Crippen molar-refractivity contribution in [3.63, 3.8) is 0 Å². The fraction of sp³-hybridized carbons (Fsp3) is 0.0952. The molecule has 0 aliphatic heterocycles. The van der Waals surface area contributed by atoms with E-state index in [1.54, 1.807) is 30.5 Å². The minimum absolute atomic E-state index is 0.0186. The second kappa shape index (κ2) is 8.24. The van der Waals surface area contributed by atoms with Crippen LogP contribution in [0.2, 0.25) is 0 Å². The summed E-state index contributed by atoms with van der Waals surface area (Å²) in [7, 11) is 0. The molecular weight excluding hydrogens is 466 g/mol. The topological polar surface area (TPSA) is 99.6 Å². The van der Waals surface area contributed by atoms with E-state index in [-0.39, 0.29) is 5.57 Å². The van der Waals surface area contributed by atoms with Gasteiger partial charge in [0.05, 0.1) is 5.57 Å². The summed E-state index contributed by atoms with van der Waals surface area (Å²) >= 11 is 0. The fourth-order valence-electron chi connectivity index (χ4n) is 3.18. The number of rotatable bonds is 4. The lowest BCUT2D eigenvalue weighted by atomic mass is 10.00. The van der Waals surface area contributed by atoms with Gasteiger partial charge in [-0.1, -0.05) is 18.2 Å². The highest BCUT2D eigenvalue weighted by Crippen LogP contribution is 2.35. The Balaban J connectivity index is 1.81. The molecule has 2 N–H and O–H groups in total. The summed E-state index contributed by atoms with van der Waals surface area (Å²) in [5.74, 6) is -1.29. The van der Waals surface area contributed by atoms with E-state index in [0.717, 1.165) is 11.0 Å². The number of nitrogens with two attached hydrogens (primary N) is 1. The molecule has 4 rings (SSSR count). The number of nitrogens with zero attached hydrogens (tertiary/aromatic N) is 5. The fourth-order valence-corrected chi connectivity index (χ4v) is 3.18. The molecule has 1 amide bonds. The molecule has 0 bridgehead atoms. The summed E-state index contributed by atoms with van der Waals surface area (Å²) in [6.07, 6.45) is -4.97. The molecule has 13 heteroatoms. The molecule has 0 atom stereocenters. The predicted octanol–water partition coefficient (Wildman–Crippen LogP) is 4.41. The van der Waals surface area contributed by atoms with Gasteiger partial charge in [0.1, 0.15) is 17.7 Å². The van der Waals surface area contributed by atoms with Gasteiger partial charge in [0.15, 0.2) is 5.82 Å². The molecule has 4 aromatic rings. The van der Waals surface area contributed by atoms with Crippen molar-refractivity contribution in [2.45, 2.75) is 12.4 Å². The highest BCUT2D eigenvalue weighted by molar-refractivity contribution is 6.25. The number of carbonyl (C=O) groups is 1. The number of hydrogen-bond acceptors (Lipinski definition) is 5. The van der Waals surface area contributed by atoms with E-state index in [4.69, 9.17) is 5.73 Å². The van der Waals surface area contributed by atoms with Crippen LogP contribution in [-0.4, -0.2) is 30.6 Å². The smallest absolute Gasteiger partial charge is 0.366 e. The minimum Gasteiger partial charge on any atom is -0.366 e. The first-order valence-electron chi connectivity index (χ1n) is 9.36. The van der Waals surface area contributed by atoms with Crippen molar-refractivity contribution in [3.8, 4) is 11.4 Å². The zero-order valence-electron chi connectivity index (χ0n) is 16.8. The zero-order valence-corrected chi connectivity index (χ0v) is 16.8. The maximum absolute atomic E-state index is 13.1. The molecule has 174 valence electrons. The minimum atomic E-state index is -5.12. The number of primary amides is 1. The third kappa shape index (κ3) is 4.58. The molecule has 0 saturated heterocycles. The zero-order chi connectivity index (χ0) is 24.7. The number of halogens is 6. The van der Waals surface area contributed by atoms with Crippen molar-refractivity contribution in [1.82, 2.24) is 24.7 Å². The highest BCUT2D eigenvalue weighted by atomic mass is 19.4. The number of amides is 1. The molecule has 3 heterocycles. The van der Waals surface area contributed by atoms with Crippen LogP contribution in [0.15, 0.2) is 55.1 Å². The van der Waals surface area contributed by atoms with Gasteiger partial charge in [-0.15, -0.1) is 5.10 Å². The van der Waals surface area contributed by atoms with E-state index in [1.807, 2.05) is 0 Å². The van der Waals surface area contributed by atoms with Crippen molar-refractivity contribution in [2.75, 3.05) is 0 Å². The average Bonchev–Trinajstić information content (AvgIpc) is 3.24. The molecule has 0 aliphatic rings. The highest BCUT2D eigenvalue weighted by Gasteiger charge is 2.39. The summed E-state index contributed by atoms with van der Waals surface area (Å²) in [6, 6.07) is 7.51. The van der Waals surface area contributed by atoms with E-state index < -0.39 is 41.0 Å². The van der Waals surface area contributed by atoms with Gasteiger partial charge in [0.25, 0.3) is 5.91 Å². The van der Waals surface area contributed by atoms with Gasteiger partial charge >= 0.3 is 12.4 Å². The first-order chi connectivity index (χ1) is 15.9. The Bertz CT molecular complexity index is 1390. The Hall–Kier alpha value is -4.29. The maximum Gasteiger partial charge on any atom is 0.433 e. The third-order valence-electron chi connectivity index (χ3n) is 4.67. The van der Waals surface area contributed by atoms with Crippen molar-refractivity contribution >= 4 is 28.5 Å². The molecule has 0 saturated carbocycles. The standard InChI is InChI=1S/C21H12F6N6O/c22-20(23,24)16-6-12(7-17(31-16)21(25,26)27)19-30-10-33(32-19)9-15(18(28)34)14-3-1-2-11-8-29-5-4-13(11)14/h1-10H,(H2,28,34)/b15-9+. The molecule has 7 nitrogen and oxygen atoms in total. The van der Waals surface area contributed by atoms with E-state index >= 15 is 0 Å². The van der Waals surface area contributed by atoms with Crippen LogP contribution in [0.1, 0.15) is 17.0 Å². The number of benzene rings is 1. The molecule has 3 aromatic heterocycles. The summed E-state index contributed by atoms with van der Waals surface area (Å²) < 4.78 is 79.5. The molecule has 0 spiro atoms. The second-order valence-electron chi connectivity index (χ2n) is 6.98. The molecule has 1 aromatic carbocycles. The lowest BCUT2D eigenvalue weighted by Gasteiger charge is -2.11. The second-order valence-corrected chi connectivity index (χ2v) is 6.98. The van der Waals surface area contributed by atoms with E-state index in [1.165, 1.54) is 12.4 Å². The first kappa shape index (κ1) is 22.9. The lowest BCUT2D eigenvalue weighted by molar-refractivity contribution is -0.150. The van der Waals surface area contributed by atoms with Crippen LogP contribution in [0.5, 0.6) is 0 Å². The molecule has 34 heavy (non-hydrogen) atoms. The Kier molecular flexibility index (Phi) is 5.55. The monoisotopic (exact) mass is 478 g/mol. The van der Waals surface area contributed by atoms with Crippen molar-refractivity contribution in [2.24, 2.45) is 5.73 Å². The van der Waals surface area contributed by atoms with Gasteiger partial charge in [0, 0.05) is 29.5 Å². The molecule has 0 fully saturated rings. The number of aromatic nitrogens is 5. The van der Waals surface area contributed by atoms with Crippen LogP contribution in [0.25, 0.3) is 33.9 Å². The maximum atomic E-state index is 13.1. The summed E-state index contributed by atoms with van der Waals surface area (Å²) in [5, 5.41) is 5.25. The predicted molar refractivity (Wildman–Crippen MR) is 108 cm³/mol. The van der Waals surface area contributed by atoms with Crippen LogP contribution >= 0.6 is 0 Å². The van der Waals surface area contributed by atoms with Crippen molar-refractivity contribution < 1.29 is 31.1 Å². The normalized spacial score (nSPS) is 12.8. The Morgan fingerprint density at radius 3 is 2.29 bits per heavy atom. The van der Waals surface area contributed by atoms with Crippen LogP contribution in [0, 0.1) is 0 Å². The van der Waals surface area contributed by atoms with E-state index in [0.29, 0.717) is 28.5 Å². The Morgan fingerprint density at radius 1 is 1.00 bits per heavy atom. The SMILES string of the molecule is NC(=O)/C(=C/n1cnc(-c2cc(C(F)(F)F)nc(C(F)(F)F)c2)n1)c1cccc2cnccc12. The molecule has 0 aliphatic carbocycles. The number of fused-ring (bicyclic) bond motifs is 1. The number of carbonyl (C=O) groups excluding carboxylic acids is 1. The van der Waals surface area contributed by atoms with Crippen molar-refractivity contribution in [1.29, 1.82) is 0 Å². The van der Waals surface area contributed by atoms with Crippen LogP contribution in [-0.2, 0) is 17.1 Å². The Labute approximate surface area is 186 Å². The number of pyridine rings is 2. The summed E-state index contributed by atoms with van der Waals surface area (Å²) in [5.41, 5.74) is 1.88. The number of alkyl halides is 6. The van der Waals surface area contributed by atoms with Gasteiger partial charge in [-0.25, -0.2) is 14.6 Å². The average molecular weight is 478 g/mol. The van der Waals surface area contributed by atoms with Gasteiger partial charge in [-0.3, -0.25) is 9.78 Å². The molecular formula is C21H12F6N6O. The molecule has 0 radical (unpaired) electrons. The molecule has 0 unspecified atom stereocenters. The lowest BCUT2D eigenvalue weighted by Crippen LogP contribution is -2.15. The van der Waals surface area contributed by atoms with Gasteiger partial charge < -0.3 is 5.73 Å². The van der Waals surface area contributed by atoms with Gasteiger partial charge in [-0.2, -0.15) is 26.3 Å². The van der Waals surface area contributed by atoms with Crippen LogP contribution < -0.4 is 5.73 Å². The number of hydrogen-bond donors (Lipinski definition) is 1. The van der Waals surface area contributed by atoms with Crippen molar-refractivity contribution in [3.05, 3.63) is 72.1 Å².